The Balaban J connectivity index is 0.00000161. The normalized spacial score (nSPS) is 21.0. The zero-order chi connectivity index (χ0) is 13.9. The Kier molecular flexibility index (Phi) is 5.56. The first-order valence-corrected chi connectivity index (χ1v) is 7.22. The number of hydrogen-bond donors (Lipinski definition) is 1. The summed E-state index contributed by atoms with van der Waals surface area (Å²) >= 11 is 0. The first kappa shape index (κ1) is 16.2. The third kappa shape index (κ3) is 3.36. The number of ether oxygens (including phenoxy) is 3. The summed E-state index contributed by atoms with van der Waals surface area (Å²) in [7, 11) is 1.66. The quantitative estimate of drug-likeness (QED) is 0.923. The van der Waals surface area contributed by atoms with Gasteiger partial charge in [-0.2, -0.15) is 0 Å². The Hall–Kier alpha value is -1.17. The molecule has 0 bridgehead atoms. The number of rotatable bonds is 4. The number of methoxy groups -OCH3 is 1. The van der Waals surface area contributed by atoms with E-state index in [9.17, 15) is 0 Å². The lowest BCUT2D eigenvalue weighted by Crippen LogP contribution is -2.43. The molecule has 1 saturated heterocycles. The molecule has 2 aliphatic heterocycles. The van der Waals surface area contributed by atoms with Crippen molar-refractivity contribution in [1.82, 2.24) is 4.90 Å². The van der Waals surface area contributed by atoms with Crippen molar-refractivity contribution in [3.63, 3.8) is 0 Å². The van der Waals surface area contributed by atoms with Gasteiger partial charge in [-0.3, -0.25) is 4.90 Å². The van der Waals surface area contributed by atoms with Crippen LogP contribution in [0.4, 0.5) is 0 Å². The molecule has 0 aromatic heterocycles. The van der Waals surface area contributed by atoms with Crippen molar-refractivity contribution >= 4 is 12.4 Å². The number of fused-ring (bicyclic) bond motifs is 1. The number of benzene rings is 1. The molecule has 1 aromatic carbocycles. The highest BCUT2D eigenvalue weighted by Gasteiger charge is 2.24. The van der Waals surface area contributed by atoms with Gasteiger partial charge in [0.2, 0.25) is 12.5 Å². The molecule has 0 spiro atoms. The van der Waals surface area contributed by atoms with E-state index in [1.807, 2.05) is 12.1 Å². The Morgan fingerprint density at radius 1 is 1.33 bits per heavy atom. The van der Waals surface area contributed by atoms with Gasteiger partial charge in [-0.15, -0.1) is 12.4 Å². The molecule has 0 saturated carbocycles. The third-order valence-corrected chi connectivity index (χ3v) is 4.12. The minimum atomic E-state index is 0. The molecule has 2 N–H and O–H groups in total. The standard InChI is InChI=1S/C15H22N2O3.ClH/c1-18-13-6-11(7-14-15(13)20-10-19-14)9-17-5-3-2-4-12(17)8-16;/h6-7,12H,2-5,8-10,16H2,1H3;1H. The topological polar surface area (TPSA) is 57.0 Å². The van der Waals surface area contributed by atoms with Crippen LogP contribution in [0.1, 0.15) is 24.8 Å². The summed E-state index contributed by atoms with van der Waals surface area (Å²) in [6, 6.07) is 4.57. The highest BCUT2D eigenvalue weighted by molar-refractivity contribution is 5.85. The number of hydrogen-bond acceptors (Lipinski definition) is 5. The SMILES string of the molecule is COc1cc(CN2CCCCC2CN)cc2c1OCO2.Cl. The van der Waals surface area contributed by atoms with E-state index in [1.165, 1.54) is 24.8 Å². The van der Waals surface area contributed by atoms with Gasteiger partial charge in [-0.1, -0.05) is 6.42 Å². The van der Waals surface area contributed by atoms with Crippen molar-refractivity contribution in [2.45, 2.75) is 31.8 Å². The molecule has 3 rings (SSSR count). The predicted molar refractivity (Wildman–Crippen MR) is 83.5 cm³/mol. The van der Waals surface area contributed by atoms with Crippen LogP contribution < -0.4 is 19.9 Å². The average Bonchev–Trinajstić information content (AvgIpc) is 2.95. The Morgan fingerprint density at radius 2 is 2.19 bits per heavy atom. The number of piperidine rings is 1. The molecule has 1 aromatic rings. The summed E-state index contributed by atoms with van der Waals surface area (Å²) < 4.78 is 16.3. The summed E-state index contributed by atoms with van der Waals surface area (Å²) in [4.78, 5) is 2.46. The van der Waals surface area contributed by atoms with E-state index in [4.69, 9.17) is 19.9 Å². The minimum Gasteiger partial charge on any atom is -0.493 e. The molecule has 1 atom stereocenters. The van der Waals surface area contributed by atoms with Crippen molar-refractivity contribution in [2.75, 3.05) is 27.0 Å². The molecule has 21 heavy (non-hydrogen) atoms. The van der Waals surface area contributed by atoms with Crippen LogP contribution in [0.15, 0.2) is 12.1 Å². The van der Waals surface area contributed by atoms with Gasteiger partial charge in [0.15, 0.2) is 11.5 Å². The molecule has 0 radical (unpaired) electrons. The lowest BCUT2D eigenvalue weighted by Gasteiger charge is -2.35. The molecule has 2 aliphatic rings. The van der Waals surface area contributed by atoms with E-state index >= 15 is 0 Å². The summed E-state index contributed by atoms with van der Waals surface area (Å²) in [5.74, 6) is 2.24. The Bertz CT molecular complexity index is 484. The highest BCUT2D eigenvalue weighted by Crippen LogP contribution is 2.42. The van der Waals surface area contributed by atoms with Crippen LogP contribution in [0.3, 0.4) is 0 Å². The number of nitrogens with zero attached hydrogens (tertiary/aromatic N) is 1. The molecule has 118 valence electrons. The number of nitrogens with two attached hydrogens (primary N) is 1. The predicted octanol–water partition coefficient (Wildman–Crippen LogP) is 2.16. The van der Waals surface area contributed by atoms with Crippen molar-refractivity contribution in [2.24, 2.45) is 5.73 Å². The van der Waals surface area contributed by atoms with Crippen molar-refractivity contribution < 1.29 is 14.2 Å². The van der Waals surface area contributed by atoms with Gasteiger partial charge in [0, 0.05) is 19.1 Å². The summed E-state index contributed by atoms with van der Waals surface area (Å²) in [6.45, 7) is 2.99. The third-order valence-electron chi connectivity index (χ3n) is 4.12. The second-order valence-electron chi connectivity index (χ2n) is 5.39. The summed E-state index contributed by atoms with van der Waals surface area (Å²) in [5, 5.41) is 0. The van der Waals surface area contributed by atoms with E-state index in [0.717, 1.165) is 31.1 Å². The van der Waals surface area contributed by atoms with Crippen LogP contribution >= 0.6 is 12.4 Å². The van der Waals surface area contributed by atoms with Crippen molar-refractivity contribution in [3.8, 4) is 17.2 Å². The first-order chi connectivity index (χ1) is 9.81. The molecule has 0 aliphatic carbocycles. The van der Waals surface area contributed by atoms with Gasteiger partial charge in [0.25, 0.3) is 0 Å². The molecule has 1 fully saturated rings. The summed E-state index contributed by atoms with van der Waals surface area (Å²) in [5.41, 5.74) is 7.07. The van der Waals surface area contributed by atoms with Gasteiger partial charge in [0.05, 0.1) is 7.11 Å². The molecule has 1 unspecified atom stereocenters. The lowest BCUT2D eigenvalue weighted by molar-refractivity contribution is 0.144. The van der Waals surface area contributed by atoms with Crippen molar-refractivity contribution in [3.05, 3.63) is 17.7 Å². The van der Waals surface area contributed by atoms with Crippen LogP contribution in [0.5, 0.6) is 17.2 Å². The molecule has 2 heterocycles. The maximum atomic E-state index is 5.88. The largest absolute Gasteiger partial charge is 0.493 e. The zero-order valence-corrected chi connectivity index (χ0v) is 13.2. The molecule has 6 heteroatoms. The summed E-state index contributed by atoms with van der Waals surface area (Å²) in [6.07, 6.45) is 3.72. The molecule has 0 amide bonds. The number of halogens is 1. The van der Waals surface area contributed by atoms with Gasteiger partial charge in [-0.25, -0.2) is 0 Å². The van der Waals surface area contributed by atoms with Crippen LogP contribution in [0.25, 0.3) is 0 Å². The fourth-order valence-corrected chi connectivity index (χ4v) is 3.04. The Morgan fingerprint density at radius 3 is 2.95 bits per heavy atom. The van der Waals surface area contributed by atoms with E-state index in [2.05, 4.69) is 4.90 Å². The number of likely N-dealkylation sites (tertiary alicyclic amines) is 1. The smallest absolute Gasteiger partial charge is 0.231 e. The van der Waals surface area contributed by atoms with E-state index in [1.54, 1.807) is 7.11 Å². The maximum absolute atomic E-state index is 5.88. The molecular weight excluding hydrogens is 292 g/mol. The monoisotopic (exact) mass is 314 g/mol. The molecular formula is C15H23ClN2O3. The second-order valence-corrected chi connectivity index (χ2v) is 5.39. The molecule has 5 nitrogen and oxygen atoms in total. The van der Waals surface area contributed by atoms with E-state index < -0.39 is 0 Å². The van der Waals surface area contributed by atoms with E-state index in [0.29, 0.717) is 11.8 Å². The van der Waals surface area contributed by atoms with E-state index in [-0.39, 0.29) is 19.2 Å². The van der Waals surface area contributed by atoms with Crippen LogP contribution in [0, 0.1) is 0 Å². The maximum Gasteiger partial charge on any atom is 0.231 e. The van der Waals surface area contributed by atoms with Gasteiger partial charge in [-0.05, 0) is 37.1 Å². The van der Waals surface area contributed by atoms with Gasteiger partial charge in [0.1, 0.15) is 0 Å². The second kappa shape index (κ2) is 7.20. The fraction of sp³-hybridized carbons (Fsp3) is 0.600. The minimum absolute atomic E-state index is 0. The first-order valence-electron chi connectivity index (χ1n) is 7.22. The Labute approximate surface area is 131 Å². The van der Waals surface area contributed by atoms with Crippen LogP contribution in [-0.4, -0.2) is 37.9 Å². The van der Waals surface area contributed by atoms with Crippen molar-refractivity contribution in [1.29, 1.82) is 0 Å². The van der Waals surface area contributed by atoms with Crippen LogP contribution in [0.2, 0.25) is 0 Å². The fourth-order valence-electron chi connectivity index (χ4n) is 3.04. The van der Waals surface area contributed by atoms with Crippen LogP contribution in [-0.2, 0) is 6.54 Å². The zero-order valence-electron chi connectivity index (χ0n) is 12.3. The van der Waals surface area contributed by atoms with Gasteiger partial charge < -0.3 is 19.9 Å². The average molecular weight is 315 g/mol. The lowest BCUT2D eigenvalue weighted by atomic mass is 10.0. The highest BCUT2D eigenvalue weighted by atomic mass is 35.5. The van der Waals surface area contributed by atoms with Gasteiger partial charge >= 0.3 is 0 Å².